The maximum absolute atomic E-state index is 11.7. The lowest BCUT2D eigenvalue weighted by Crippen LogP contribution is -2.04. The minimum absolute atomic E-state index is 0.0533. The molecule has 0 aliphatic rings. The Morgan fingerprint density at radius 1 is 0.432 bits per heavy atom. The van der Waals surface area contributed by atoms with Gasteiger partial charge in [-0.1, -0.05) is 148 Å². The van der Waals surface area contributed by atoms with E-state index in [4.69, 9.17) is 0 Å². The van der Waals surface area contributed by atoms with Crippen LogP contribution in [0.1, 0.15) is 49.7 Å². The number of aromatic hydroxyl groups is 2. The van der Waals surface area contributed by atoms with Crippen LogP contribution >= 0.6 is 0 Å². The van der Waals surface area contributed by atoms with Crippen LogP contribution in [-0.2, 0) is 0 Å². The standard InChI is InChI=1S/C42H38O2/c1-2-3-8-25-36(34-26-37(30-17-9-4-10-18-30)41(43)38(27-34)31-19-11-5-12-20-31)35-28-39(32-21-13-6-14-22-32)42(44)40(29-35)33-23-15-7-16-24-33/h4-7,9-24,26-29,36,43-44H,2-3,8,25H2,1H3. The van der Waals surface area contributed by atoms with Gasteiger partial charge in [0.25, 0.3) is 0 Å². The normalized spacial score (nSPS) is 11.1. The van der Waals surface area contributed by atoms with E-state index in [1.54, 1.807) is 0 Å². The van der Waals surface area contributed by atoms with Gasteiger partial charge in [-0.2, -0.15) is 0 Å². The molecule has 2 heteroatoms. The van der Waals surface area contributed by atoms with Gasteiger partial charge in [-0.15, -0.1) is 0 Å². The molecule has 6 aromatic rings. The molecular formula is C42H38O2. The highest BCUT2D eigenvalue weighted by molar-refractivity contribution is 5.85. The molecule has 0 spiro atoms. The Kier molecular flexibility index (Phi) is 8.89. The fourth-order valence-electron chi connectivity index (χ4n) is 6.19. The average molecular weight is 575 g/mol. The fourth-order valence-corrected chi connectivity index (χ4v) is 6.19. The van der Waals surface area contributed by atoms with Crippen molar-refractivity contribution in [1.29, 1.82) is 0 Å². The molecule has 6 rings (SSSR count). The van der Waals surface area contributed by atoms with E-state index in [1.165, 1.54) is 0 Å². The number of rotatable bonds is 10. The lowest BCUT2D eigenvalue weighted by molar-refractivity contribution is 0.479. The van der Waals surface area contributed by atoms with E-state index in [0.717, 1.165) is 81.3 Å². The van der Waals surface area contributed by atoms with E-state index < -0.39 is 0 Å². The summed E-state index contributed by atoms with van der Waals surface area (Å²) in [7, 11) is 0. The summed E-state index contributed by atoms with van der Waals surface area (Å²) in [4.78, 5) is 0. The van der Waals surface area contributed by atoms with Gasteiger partial charge in [-0.3, -0.25) is 0 Å². The van der Waals surface area contributed by atoms with Gasteiger partial charge in [0, 0.05) is 28.2 Å². The van der Waals surface area contributed by atoms with E-state index in [1.807, 2.05) is 72.8 Å². The topological polar surface area (TPSA) is 40.5 Å². The zero-order valence-electron chi connectivity index (χ0n) is 25.2. The van der Waals surface area contributed by atoms with Crippen molar-refractivity contribution in [2.45, 2.75) is 38.5 Å². The second kappa shape index (κ2) is 13.5. The molecule has 0 aliphatic carbocycles. The monoisotopic (exact) mass is 574 g/mol. The number of hydrogen-bond donors (Lipinski definition) is 2. The third-order valence-corrected chi connectivity index (χ3v) is 8.50. The molecule has 0 heterocycles. The molecule has 0 fully saturated rings. The van der Waals surface area contributed by atoms with Crippen molar-refractivity contribution in [3.05, 3.63) is 157 Å². The second-order valence-corrected chi connectivity index (χ2v) is 11.4. The zero-order valence-corrected chi connectivity index (χ0v) is 25.2. The zero-order chi connectivity index (χ0) is 30.3. The van der Waals surface area contributed by atoms with Gasteiger partial charge in [0.1, 0.15) is 11.5 Å². The quantitative estimate of drug-likeness (QED) is 0.160. The molecule has 0 saturated carbocycles. The van der Waals surface area contributed by atoms with Gasteiger partial charge in [-0.25, -0.2) is 0 Å². The Balaban J connectivity index is 1.60. The van der Waals surface area contributed by atoms with Crippen LogP contribution in [0.5, 0.6) is 11.5 Å². The number of phenolic OH excluding ortho intramolecular Hbond substituents is 2. The summed E-state index contributed by atoms with van der Waals surface area (Å²) in [5.74, 6) is 0.635. The molecule has 218 valence electrons. The van der Waals surface area contributed by atoms with Gasteiger partial charge >= 0.3 is 0 Å². The molecule has 0 amide bonds. The Hall–Kier alpha value is -5.08. The van der Waals surface area contributed by atoms with Crippen LogP contribution < -0.4 is 0 Å². The number of benzene rings is 6. The van der Waals surface area contributed by atoms with Crippen LogP contribution in [0.25, 0.3) is 44.5 Å². The van der Waals surface area contributed by atoms with E-state index in [0.29, 0.717) is 11.5 Å². The highest BCUT2D eigenvalue weighted by Gasteiger charge is 2.23. The summed E-state index contributed by atoms with van der Waals surface area (Å²) in [5, 5.41) is 23.4. The molecule has 44 heavy (non-hydrogen) atoms. The summed E-state index contributed by atoms with van der Waals surface area (Å²) in [5.41, 5.74) is 9.55. The molecule has 0 bridgehead atoms. The van der Waals surface area contributed by atoms with Crippen molar-refractivity contribution < 1.29 is 10.2 Å². The van der Waals surface area contributed by atoms with Crippen molar-refractivity contribution >= 4 is 0 Å². The van der Waals surface area contributed by atoms with Crippen LogP contribution in [0.4, 0.5) is 0 Å². The van der Waals surface area contributed by atoms with Crippen molar-refractivity contribution in [3.63, 3.8) is 0 Å². The van der Waals surface area contributed by atoms with E-state index >= 15 is 0 Å². The summed E-state index contributed by atoms with van der Waals surface area (Å²) in [6.45, 7) is 2.23. The third kappa shape index (κ3) is 6.16. The van der Waals surface area contributed by atoms with Gasteiger partial charge in [0.15, 0.2) is 0 Å². The Labute approximate surface area is 260 Å². The highest BCUT2D eigenvalue weighted by atomic mass is 16.3. The predicted molar refractivity (Wildman–Crippen MR) is 184 cm³/mol. The van der Waals surface area contributed by atoms with Gasteiger partial charge < -0.3 is 10.2 Å². The van der Waals surface area contributed by atoms with Gasteiger partial charge in [0.2, 0.25) is 0 Å². The SMILES string of the molecule is CCCCCC(c1cc(-c2ccccc2)c(O)c(-c2ccccc2)c1)c1cc(-c2ccccc2)c(O)c(-c2ccccc2)c1. The van der Waals surface area contributed by atoms with Crippen LogP contribution in [0, 0.1) is 0 Å². The van der Waals surface area contributed by atoms with Crippen molar-refractivity contribution in [3.8, 4) is 56.0 Å². The molecule has 0 aromatic heterocycles. The molecule has 0 radical (unpaired) electrons. The minimum Gasteiger partial charge on any atom is -0.507 e. The summed E-state index contributed by atoms with van der Waals surface area (Å²) >= 11 is 0. The van der Waals surface area contributed by atoms with E-state index in [2.05, 4.69) is 79.7 Å². The number of hydrogen-bond acceptors (Lipinski definition) is 2. The lowest BCUT2D eigenvalue weighted by Gasteiger charge is -2.24. The first-order valence-corrected chi connectivity index (χ1v) is 15.6. The van der Waals surface area contributed by atoms with Crippen LogP contribution in [0.15, 0.2) is 146 Å². The first kappa shape index (κ1) is 29.0. The molecule has 0 saturated heterocycles. The molecule has 0 aliphatic heterocycles. The van der Waals surface area contributed by atoms with Crippen LogP contribution in [0.2, 0.25) is 0 Å². The summed E-state index contributed by atoms with van der Waals surface area (Å²) in [6.07, 6.45) is 4.30. The largest absolute Gasteiger partial charge is 0.507 e. The molecule has 6 aromatic carbocycles. The maximum atomic E-state index is 11.7. The Bertz CT molecular complexity index is 1560. The fraction of sp³-hybridized carbons (Fsp3) is 0.143. The Morgan fingerprint density at radius 3 is 1.00 bits per heavy atom. The van der Waals surface area contributed by atoms with Crippen LogP contribution in [0.3, 0.4) is 0 Å². The molecule has 2 nitrogen and oxygen atoms in total. The highest BCUT2D eigenvalue weighted by Crippen LogP contribution is 2.46. The molecule has 2 N–H and O–H groups in total. The lowest BCUT2D eigenvalue weighted by atomic mass is 9.81. The third-order valence-electron chi connectivity index (χ3n) is 8.50. The molecule has 0 atom stereocenters. The first-order valence-electron chi connectivity index (χ1n) is 15.6. The smallest absolute Gasteiger partial charge is 0.131 e. The van der Waals surface area contributed by atoms with E-state index in [-0.39, 0.29) is 5.92 Å². The summed E-state index contributed by atoms with van der Waals surface area (Å²) < 4.78 is 0. The maximum Gasteiger partial charge on any atom is 0.131 e. The molecular weight excluding hydrogens is 536 g/mol. The van der Waals surface area contributed by atoms with Gasteiger partial charge in [-0.05, 0) is 64.1 Å². The van der Waals surface area contributed by atoms with Crippen molar-refractivity contribution in [2.75, 3.05) is 0 Å². The Morgan fingerprint density at radius 2 is 0.727 bits per heavy atom. The van der Waals surface area contributed by atoms with Gasteiger partial charge in [0.05, 0.1) is 0 Å². The average Bonchev–Trinajstić information content (AvgIpc) is 3.09. The molecule has 0 unspecified atom stereocenters. The van der Waals surface area contributed by atoms with Crippen LogP contribution in [-0.4, -0.2) is 10.2 Å². The first-order chi connectivity index (χ1) is 21.6. The predicted octanol–water partition coefficient (Wildman–Crippen LogP) is 11.5. The second-order valence-electron chi connectivity index (χ2n) is 11.4. The minimum atomic E-state index is 0.0533. The van der Waals surface area contributed by atoms with Crippen molar-refractivity contribution in [1.82, 2.24) is 0 Å². The number of phenols is 2. The number of unbranched alkanes of at least 4 members (excludes halogenated alkanes) is 2. The van der Waals surface area contributed by atoms with E-state index in [9.17, 15) is 10.2 Å². The van der Waals surface area contributed by atoms with Crippen molar-refractivity contribution in [2.24, 2.45) is 0 Å². The summed E-state index contributed by atoms with van der Waals surface area (Å²) in [6, 6.07) is 49.3.